The number of aliphatic carboxylic acids is 1. The molecule has 3 aromatic rings. The fourth-order valence-corrected chi connectivity index (χ4v) is 4.02. The predicted molar refractivity (Wildman–Crippen MR) is 113 cm³/mol. The summed E-state index contributed by atoms with van der Waals surface area (Å²) in [6.07, 6.45) is -0.0607. The van der Waals surface area contributed by atoms with Crippen LogP contribution in [-0.4, -0.2) is 29.4 Å². The molecule has 0 radical (unpaired) electrons. The molecular formula is C23H25BO4. The molecule has 1 unspecified atom stereocenters. The normalized spacial score (nSPS) is 19.2. The van der Waals surface area contributed by atoms with E-state index in [4.69, 9.17) is 9.31 Å². The van der Waals surface area contributed by atoms with E-state index in [0.29, 0.717) is 0 Å². The van der Waals surface area contributed by atoms with Gasteiger partial charge in [-0.3, -0.25) is 4.79 Å². The van der Waals surface area contributed by atoms with E-state index in [2.05, 4.69) is 30.3 Å². The van der Waals surface area contributed by atoms with E-state index in [-0.39, 0.29) is 6.42 Å². The van der Waals surface area contributed by atoms with Crippen LogP contribution in [-0.2, 0) is 14.1 Å². The molecule has 1 heterocycles. The van der Waals surface area contributed by atoms with Crippen molar-refractivity contribution in [2.45, 2.75) is 51.1 Å². The zero-order valence-electron chi connectivity index (χ0n) is 16.7. The maximum atomic E-state index is 11.8. The van der Waals surface area contributed by atoms with Gasteiger partial charge < -0.3 is 14.4 Å². The van der Waals surface area contributed by atoms with E-state index in [1.807, 2.05) is 52.0 Å². The Labute approximate surface area is 165 Å². The fourth-order valence-electron chi connectivity index (χ4n) is 4.02. The van der Waals surface area contributed by atoms with Gasteiger partial charge in [0, 0.05) is 5.82 Å². The van der Waals surface area contributed by atoms with Crippen LogP contribution in [0.4, 0.5) is 0 Å². The molecule has 1 N–H and O–H groups in total. The number of hydrogen-bond donors (Lipinski definition) is 1. The summed E-state index contributed by atoms with van der Waals surface area (Å²) in [6.45, 7) is 7.97. The molecule has 0 saturated carbocycles. The summed E-state index contributed by atoms with van der Waals surface area (Å²) in [5, 5.41) is 14.0. The van der Waals surface area contributed by atoms with Crippen LogP contribution < -0.4 is 0 Å². The second-order valence-corrected chi connectivity index (χ2v) is 8.56. The minimum Gasteiger partial charge on any atom is -0.481 e. The van der Waals surface area contributed by atoms with Gasteiger partial charge in [0.2, 0.25) is 0 Å². The average Bonchev–Trinajstić information content (AvgIpc) is 2.85. The molecule has 1 fully saturated rings. The molecule has 1 saturated heterocycles. The molecule has 3 aromatic carbocycles. The first-order valence-electron chi connectivity index (χ1n) is 9.67. The maximum absolute atomic E-state index is 11.8. The van der Waals surface area contributed by atoms with Crippen molar-refractivity contribution in [1.82, 2.24) is 0 Å². The van der Waals surface area contributed by atoms with Gasteiger partial charge in [-0.25, -0.2) is 0 Å². The number of carboxylic acids is 1. The SMILES string of the molecule is CC1(C)OB(C(CC(=O)O)c2c3ccccc3cc3ccccc23)OC1(C)C. The second-order valence-electron chi connectivity index (χ2n) is 8.56. The van der Waals surface area contributed by atoms with Crippen molar-refractivity contribution < 1.29 is 19.2 Å². The Balaban J connectivity index is 1.96. The molecule has 4 nitrogen and oxygen atoms in total. The summed E-state index contributed by atoms with van der Waals surface area (Å²) < 4.78 is 12.6. The van der Waals surface area contributed by atoms with E-state index in [1.165, 1.54) is 0 Å². The zero-order chi connectivity index (χ0) is 20.1. The summed E-state index contributed by atoms with van der Waals surface area (Å²) in [7, 11) is -0.629. The van der Waals surface area contributed by atoms with Crippen LogP contribution in [0.25, 0.3) is 21.5 Å². The summed E-state index contributed by atoms with van der Waals surface area (Å²) in [6, 6.07) is 18.4. The molecule has 1 aliphatic rings. The summed E-state index contributed by atoms with van der Waals surface area (Å²) in [5.74, 6) is -1.29. The Morgan fingerprint density at radius 3 is 1.86 bits per heavy atom. The van der Waals surface area contributed by atoms with Crippen LogP contribution in [0.2, 0.25) is 0 Å². The van der Waals surface area contributed by atoms with Gasteiger partial charge in [-0.05, 0) is 60.9 Å². The Hall–Kier alpha value is -2.37. The number of hydrogen-bond acceptors (Lipinski definition) is 3. The highest BCUT2D eigenvalue weighted by Gasteiger charge is 2.54. The van der Waals surface area contributed by atoms with Crippen LogP contribution in [0.1, 0.15) is 45.5 Å². The van der Waals surface area contributed by atoms with Gasteiger partial charge in [-0.2, -0.15) is 0 Å². The third-order valence-electron chi connectivity index (χ3n) is 6.18. The Kier molecular flexibility index (Phi) is 4.48. The monoisotopic (exact) mass is 376 g/mol. The van der Waals surface area contributed by atoms with Crippen LogP contribution >= 0.6 is 0 Å². The predicted octanol–water partition coefficient (Wildman–Crippen LogP) is 5.18. The number of benzene rings is 3. The first-order valence-corrected chi connectivity index (χ1v) is 9.67. The second kappa shape index (κ2) is 6.61. The highest BCUT2D eigenvalue weighted by atomic mass is 16.7. The summed E-state index contributed by atoms with van der Waals surface area (Å²) in [5.41, 5.74) is -0.0570. The number of rotatable bonds is 4. The van der Waals surface area contributed by atoms with Crippen molar-refractivity contribution in [3.8, 4) is 0 Å². The topological polar surface area (TPSA) is 55.8 Å². The van der Waals surface area contributed by atoms with Gasteiger partial charge in [0.05, 0.1) is 17.6 Å². The van der Waals surface area contributed by atoms with Crippen molar-refractivity contribution in [3.05, 3.63) is 60.2 Å². The smallest absolute Gasteiger partial charge is 0.466 e. The van der Waals surface area contributed by atoms with Gasteiger partial charge >= 0.3 is 13.1 Å². The van der Waals surface area contributed by atoms with Crippen LogP contribution in [0.15, 0.2) is 54.6 Å². The first kappa shape index (κ1) is 19.0. The summed E-state index contributed by atoms with van der Waals surface area (Å²) in [4.78, 5) is 11.8. The molecule has 28 heavy (non-hydrogen) atoms. The highest BCUT2D eigenvalue weighted by molar-refractivity contribution is 6.48. The lowest BCUT2D eigenvalue weighted by Crippen LogP contribution is -2.41. The van der Waals surface area contributed by atoms with E-state index < -0.39 is 30.1 Å². The molecule has 1 atom stereocenters. The van der Waals surface area contributed by atoms with Crippen molar-refractivity contribution >= 4 is 34.6 Å². The Morgan fingerprint density at radius 2 is 1.39 bits per heavy atom. The van der Waals surface area contributed by atoms with Gasteiger partial charge in [-0.15, -0.1) is 0 Å². The number of fused-ring (bicyclic) bond motifs is 2. The standard InChI is InChI=1S/C23H25BO4/c1-22(2)23(3,4)28-24(27-22)19(14-20(25)26)21-17-11-7-5-9-15(17)13-16-10-6-8-12-18(16)21/h5-13,19H,14H2,1-4H3,(H,25,26). The molecule has 0 bridgehead atoms. The van der Waals surface area contributed by atoms with Crippen molar-refractivity contribution in [3.63, 3.8) is 0 Å². The third kappa shape index (κ3) is 3.09. The summed E-state index contributed by atoms with van der Waals surface area (Å²) >= 11 is 0. The third-order valence-corrected chi connectivity index (χ3v) is 6.18. The molecule has 144 valence electrons. The van der Waals surface area contributed by atoms with Crippen LogP contribution in [0.3, 0.4) is 0 Å². The minimum absolute atomic E-state index is 0.0607. The van der Waals surface area contributed by atoms with Crippen molar-refractivity contribution in [1.29, 1.82) is 0 Å². The molecular weight excluding hydrogens is 351 g/mol. The van der Waals surface area contributed by atoms with Crippen molar-refractivity contribution in [2.24, 2.45) is 0 Å². The van der Waals surface area contributed by atoms with E-state index in [0.717, 1.165) is 27.1 Å². The van der Waals surface area contributed by atoms with Gasteiger partial charge in [0.25, 0.3) is 0 Å². The molecule has 0 aliphatic carbocycles. The van der Waals surface area contributed by atoms with E-state index >= 15 is 0 Å². The van der Waals surface area contributed by atoms with Gasteiger partial charge in [-0.1, -0.05) is 48.5 Å². The molecule has 1 aliphatic heterocycles. The Morgan fingerprint density at radius 1 is 0.929 bits per heavy atom. The lowest BCUT2D eigenvalue weighted by atomic mass is 9.64. The average molecular weight is 376 g/mol. The number of carbonyl (C=O) groups is 1. The molecule has 0 aromatic heterocycles. The lowest BCUT2D eigenvalue weighted by Gasteiger charge is -2.32. The van der Waals surface area contributed by atoms with Gasteiger partial charge in [0.1, 0.15) is 0 Å². The number of carboxylic acid groups (broad SMARTS) is 1. The van der Waals surface area contributed by atoms with Crippen LogP contribution in [0, 0.1) is 0 Å². The van der Waals surface area contributed by atoms with Crippen molar-refractivity contribution in [2.75, 3.05) is 0 Å². The Bertz CT molecular complexity index is 987. The van der Waals surface area contributed by atoms with Gasteiger partial charge in [0.15, 0.2) is 0 Å². The largest absolute Gasteiger partial charge is 0.481 e. The molecule has 0 spiro atoms. The zero-order valence-corrected chi connectivity index (χ0v) is 16.7. The molecule has 4 rings (SSSR count). The fraction of sp³-hybridized carbons (Fsp3) is 0.348. The molecule has 0 amide bonds. The lowest BCUT2D eigenvalue weighted by molar-refractivity contribution is -0.137. The molecule has 5 heteroatoms. The maximum Gasteiger partial charge on any atom is 0.466 e. The van der Waals surface area contributed by atoms with Crippen LogP contribution in [0.5, 0.6) is 0 Å². The quantitative estimate of drug-likeness (QED) is 0.503. The highest BCUT2D eigenvalue weighted by Crippen LogP contribution is 2.44. The minimum atomic E-state index is -0.864. The van der Waals surface area contributed by atoms with E-state index in [9.17, 15) is 9.90 Å². The van der Waals surface area contributed by atoms with E-state index in [1.54, 1.807) is 0 Å². The first-order chi connectivity index (χ1) is 13.2.